The summed E-state index contributed by atoms with van der Waals surface area (Å²) in [5, 5.41) is 4.87. The average Bonchev–Trinajstić information content (AvgIpc) is 3.92. The largest absolute Gasteiger partial charge is 0.208 e. The minimum atomic E-state index is 0.641. The molecule has 12 aromatic rings. The number of fused-ring (bicyclic) bond motifs is 6. The van der Waals surface area contributed by atoms with Gasteiger partial charge in [0.25, 0.3) is 0 Å². The van der Waals surface area contributed by atoms with Crippen molar-refractivity contribution < 1.29 is 0 Å². The van der Waals surface area contributed by atoms with E-state index >= 15 is 0 Å². The van der Waals surface area contributed by atoms with Crippen molar-refractivity contribution in [1.29, 1.82) is 0 Å². The molecule has 3 heterocycles. The van der Waals surface area contributed by atoms with Crippen molar-refractivity contribution in [3.8, 4) is 78.7 Å². The van der Waals surface area contributed by atoms with Gasteiger partial charge in [-0.25, -0.2) is 15.0 Å². The molecule has 62 heavy (non-hydrogen) atoms. The number of nitrogens with zero attached hydrogens (tertiary/aromatic N) is 3. The fourth-order valence-corrected chi connectivity index (χ4v) is 11.1. The van der Waals surface area contributed by atoms with Crippen molar-refractivity contribution in [2.45, 2.75) is 0 Å². The van der Waals surface area contributed by atoms with Gasteiger partial charge in [0.15, 0.2) is 17.5 Å². The molecular weight excluding hydrogens is 791 g/mol. The summed E-state index contributed by atoms with van der Waals surface area (Å²) in [6, 6.07) is 75.7. The molecule has 0 aliphatic rings. The minimum absolute atomic E-state index is 0.641. The van der Waals surface area contributed by atoms with Crippen LogP contribution in [0.25, 0.3) is 119 Å². The molecule has 9 aromatic carbocycles. The maximum Gasteiger partial charge on any atom is 0.164 e. The highest BCUT2D eigenvalue weighted by atomic mass is 32.1. The molecule has 0 amide bonds. The Hall–Kier alpha value is -7.57. The van der Waals surface area contributed by atoms with Crippen LogP contribution in [0.1, 0.15) is 0 Å². The molecule has 3 nitrogen and oxygen atoms in total. The first-order chi connectivity index (χ1) is 30.7. The lowest BCUT2D eigenvalue weighted by molar-refractivity contribution is 1.08. The highest BCUT2D eigenvalue weighted by Gasteiger charge is 2.21. The van der Waals surface area contributed by atoms with Gasteiger partial charge in [0.1, 0.15) is 0 Å². The minimum Gasteiger partial charge on any atom is -0.208 e. The predicted molar refractivity (Wildman–Crippen MR) is 264 cm³/mol. The highest BCUT2D eigenvalue weighted by Crippen LogP contribution is 2.47. The summed E-state index contributed by atoms with van der Waals surface area (Å²) in [5.74, 6) is 1.92. The van der Waals surface area contributed by atoms with E-state index in [9.17, 15) is 0 Å². The number of rotatable bonds is 7. The summed E-state index contributed by atoms with van der Waals surface area (Å²) >= 11 is 3.66. The maximum absolute atomic E-state index is 5.32. The Kier molecular flexibility index (Phi) is 8.87. The summed E-state index contributed by atoms with van der Waals surface area (Å²) in [6.45, 7) is 0. The zero-order valence-electron chi connectivity index (χ0n) is 33.4. The Balaban J connectivity index is 1.08. The van der Waals surface area contributed by atoms with Gasteiger partial charge in [-0.2, -0.15) is 0 Å². The van der Waals surface area contributed by atoms with Crippen molar-refractivity contribution >= 4 is 63.0 Å². The quantitative estimate of drug-likeness (QED) is 0.161. The summed E-state index contributed by atoms with van der Waals surface area (Å²) in [5.41, 5.74) is 12.5. The van der Waals surface area contributed by atoms with Gasteiger partial charge in [0, 0.05) is 57.0 Å². The number of hydrogen-bond acceptors (Lipinski definition) is 5. The summed E-state index contributed by atoms with van der Waals surface area (Å²) in [4.78, 5) is 15.7. The molecule has 0 aliphatic heterocycles. The number of thiophene rings is 2. The smallest absolute Gasteiger partial charge is 0.164 e. The Morgan fingerprint density at radius 1 is 0.258 bits per heavy atom. The molecule has 0 atom stereocenters. The third-order valence-corrected chi connectivity index (χ3v) is 14.0. The van der Waals surface area contributed by atoms with Gasteiger partial charge in [0.05, 0.1) is 0 Å². The average molecular weight is 826 g/mol. The molecule has 290 valence electrons. The van der Waals surface area contributed by atoms with Crippen LogP contribution in [0.2, 0.25) is 0 Å². The lowest BCUT2D eigenvalue weighted by atomic mass is 9.90. The molecule has 0 aliphatic carbocycles. The molecular formula is C57H35N3S2. The van der Waals surface area contributed by atoms with E-state index in [1.807, 2.05) is 40.9 Å². The zero-order chi connectivity index (χ0) is 41.0. The lowest BCUT2D eigenvalue weighted by Gasteiger charge is -2.13. The van der Waals surface area contributed by atoms with E-state index in [1.165, 1.54) is 84.9 Å². The second-order valence-electron chi connectivity index (χ2n) is 15.5. The first-order valence-corrected chi connectivity index (χ1v) is 22.4. The summed E-state index contributed by atoms with van der Waals surface area (Å²) in [6.07, 6.45) is 0. The SMILES string of the molecule is c1ccc(-c2nc(-c3ccc4sc5ccc(-c6ccccc6)c(-c6ccccc6)c5c4c3)nc(-c3ccc4sc5ccc(-c6ccccc6)c(-c6ccccc6)c5c4c3)n2)cc1. The third kappa shape index (κ3) is 6.29. The second kappa shape index (κ2) is 15.2. The standard InChI is InChI=1S/C57H35N3S2/c1-6-16-36(17-7-1)43-28-32-49-53(51(43)38-20-10-3-11-21-38)45-34-41(26-30-47(45)61-49)56-58-55(40-24-14-5-15-25-40)59-57(60-56)42-27-31-48-46(35-42)54-50(62-48)33-29-44(37-18-8-2-9-19-37)52(54)39-22-12-4-13-23-39/h1-35H. The number of benzene rings is 9. The fraction of sp³-hybridized carbons (Fsp3) is 0. The van der Waals surface area contributed by atoms with Gasteiger partial charge >= 0.3 is 0 Å². The molecule has 0 radical (unpaired) electrons. The highest BCUT2D eigenvalue weighted by molar-refractivity contribution is 7.26. The van der Waals surface area contributed by atoms with Gasteiger partial charge in [0.2, 0.25) is 0 Å². The van der Waals surface area contributed by atoms with E-state index < -0.39 is 0 Å². The van der Waals surface area contributed by atoms with Crippen LogP contribution in [0, 0.1) is 0 Å². The molecule has 3 aromatic heterocycles. The van der Waals surface area contributed by atoms with Crippen LogP contribution in [0.5, 0.6) is 0 Å². The van der Waals surface area contributed by atoms with Crippen LogP contribution in [0.3, 0.4) is 0 Å². The summed E-state index contributed by atoms with van der Waals surface area (Å²) in [7, 11) is 0. The van der Waals surface area contributed by atoms with Gasteiger partial charge < -0.3 is 0 Å². The van der Waals surface area contributed by atoms with E-state index in [1.54, 1.807) is 0 Å². The van der Waals surface area contributed by atoms with Gasteiger partial charge in [-0.3, -0.25) is 0 Å². The van der Waals surface area contributed by atoms with Crippen LogP contribution < -0.4 is 0 Å². The van der Waals surface area contributed by atoms with E-state index in [0.29, 0.717) is 17.5 Å². The number of hydrogen-bond donors (Lipinski definition) is 0. The topological polar surface area (TPSA) is 38.7 Å². The van der Waals surface area contributed by atoms with Crippen molar-refractivity contribution in [3.63, 3.8) is 0 Å². The summed E-state index contributed by atoms with van der Waals surface area (Å²) < 4.78 is 4.95. The van der Waals surface area contributed by atoms with Crippen LogP contribution in [0.4, 0.5) is 0 Å². The van der Waals surface area contributed by atoms with E-state index in [-0.39, 0.29) is 0 Å². The zero-order valence-corrected chi connectivity index (χ0v) is 35.0. The van der Waals surface area contributed by atoms with E-state index in [0.717, 1.165) is 16.7 Å². The van der Waals surface area contributed by atoms with E-state index in [2.05, 4.69) is 194 Å². The molecule has 0 spiro atoms. The van der Waals surface area contributed by atoms with Crippen LogP contribution in [-0.2, 0) is 0 Å². The number of aromatic nitrogens is 3. The first-order valence-electron chi connectivity index (χ1n) is 20.8. The molecule has 0 bridgehead atoms. The van der Waals surface area contributed by atoms with Crippen molar-refractivity contribution in [2.24, 2.45) is 0 Å². The molecule has 0 saturated heterocycles. The molecule has 0 saturated carbocycles. The Labute approximate surface area is 366 Å². The van der Waals surface area contributed by atoms with Gasteiger partial charge in [-0.05, 0) is 93.0 Å². The Morgan fingerprint density at radius 3 is 0.968 bits per heavy atom. The molecule has 0 fully saturated rings. The maximum atomic E-state index is 5.32. The molecule has 12 rings (SSSR count). The van der Waals surface area contributed by atoms with Gasteiger partial charge in [-0.1, -0.05) is 164 Å². The lowest BCUT2D eigenvalue weighted by Crippen LogP contribution is -2.00. The Bertz CT molecular complexity index is 3380. The van der Waals surface area contributed by atoms with Crippen LogP contribution in [-0.4, -0.2) is 15.0 Å². The second-order valence-corrected chi connectivity index (χ2v) is 17.7. The van der Waals surface area contributed by atoms with Gasteiger partial charge in [-0.15, -0.1) is 22.7 Å². The van der Waals surface area contributed by atoms with Crippen molar-refractivity contribution in [2.75, 3.05) is 0 Å². The Morgan fingerprint density at radius 2 is 0.581 bits per heavy atom. The normalized spacial score (nSPS) is 11.5. The van der Waals surface area contributed by atoms with E-state index in [4.69, 9.17) is 15.0 Å². The van der Waals surface area contributed by atoms with Crippen molar-refractivity contribution in [1.82, 2.24) is 15.0 Å². The third-order valence-electron chi connectivity index (χ3n) is 11.8. The first kappa shape index (κ1) is 36.3. The predicted octanol–water partition coefficient (Wildman–Crippen LogP) is 16.3. The molecule has 5 heteroatoms. The fourth-order valence-electron chi connectivity index (χ4n) is 8.89. The molecule has 0 unspecified atom stereocenters. The van der Waals surface area contributed by atoms with Crippen molar-refractivity contribution in [3.05, 3.63) is 212 Å². The van der Waals surface area contributed by atoms with Crippen LogP contribution >= 0.6 is 22.7 Å². The van der Waals surface area contributed by atoms with Crippen LogP contribution in [0.15, 0.2) is 212 Å². The molecule has 0 N–H and O–H groups in total. The monoisotopic (exact) mass is 825 g/mol.